The molecule has 0 aliphatic carbocycles. The van der Waals surface area contributed by atoms with Crippen LogP contribution in [0.15, 0.2) is 30.0 Å². The van der Waals surface area contributed by atoms with Crippen LogP contribution in [-0.4, -0.2) is 42.7 Å². The summed E-state index contributed by atoms with van der Waals surface area (Å²) in [6.45, 7) is 5.40. The van der Waals surface area contributed by atoms with E-state index < -0.39 is 17.9 Å². The first-order valence-electron chi connectivity index (χ1n) is 7.48. The quantitative estimate of drug-likeness (QED) is 0.251. The average Bonchev–Trinajstić information content (AvgIpc) is 2.56. The van der Waals surface area contributed by atoms with Crippen molar-refractivity contribution in [1.29, 1.82) is 0 Å². The van der Waals surface area contributed by atoms with Gasteiger partial charge in [-0.05, 0) is 32.9 Å². The molecule has 0 aliphatic rings. The summed E-state index contributed by atoms with van der Waals surface area (Å²) in [6, 6.07) is 4.64. The van der Waals surface area contributed by atoms with Crippen LogP contribution >= 0.6 is 0 Å². The number of anilines is 1. The zero-order chi connectivity index (χ0) is 17.9. The fraction of sp³-hybridized carbons (Fsp3) is 0.375. The van der Waals surface area contributed by atoms with Crippen molar-refractivity contribution >= 4 is 23.7 Å². The van der Waals surface area contributed by atoms with Gasteiger partial charge >= 0.3 is 17.9 Å². The monoisotopic (exact) mass is 336 g/mol. The highest BCUT2D eigenvalue weighted by molar-refractivity contribution is 6.14. The van der Waals surface area contributed by atoms with Gasteiger partial charge in [-0.15, -0.1) is 0 Å². The Labute approximate surface area is 139 Å². The topological polar surface area (TPSA) is 104 Å². The lowest BCUT2D eigenvalue weighted by atomic mass is 10.3. The molecular formula is C16H20N2O6. The van der Waals surface area contributed by atoms with E-state index in [9.17, 15) is 14.4 Å². The van der Waals surface area contributed by atoms with Gasteiger partial charge in [0.05, 0.1) is 19.8 Å². The predicted octanol–water partition coefficient (Wildman–Crippen LogP) is 1.68. The molecule has 130 valence electrons. The van der Waals surface area contributed by atoms with Crippen molar-refractivity contribution in [3.05, 3.63) is 35.7 Å². The molecule has 0 unspecified atom stereocenters. The molecule has 0 aliphatic heterocycles. The third-order valence-electron chi connectivity index (χ3n) is 2.59. The summed E-state index contributed by atoms with van der Waals surface area (Å²) >= 11 is 0. The van der Waals surface area contributed by atoms with Crippen molar-refractivity contribution < 1.29 is 28.6 Å². The number of ether oxygens (including phenoxy) is 3. The van der Waals surface area contributed by atoms with E-state index >= 15 is 0 Å². The van der Waals surface area contributed by atoms with Crippen LogP contribution < -0.4 is 5.32 Å². The van der Waals surface area contributed by atoms with Gasteiger partial charge in [0.15, 0.2) is 11.3 Å². The normalized spacial score (nSPS) is 9.62. The molecule has 0 saturated heterocycles. The first-order chi connectivity index (χ1) is 11.5. The smallest absolute Gasteiger partial charge is 0.356 e. The van der Waals surface area contributed by atoms with E-state index in [0.717, 1.165) is 6.20 Å². The highest BCUT2D eigenvalue weighted by Crippen LogP contribution is 2.09. The van der Waals surface area contributed by atoms with E-state index in [1.54, 1.807) is 32.9 Å². The van der Waals surface area contributed by atoms with Crippen LogP contribution in [-0.2, 0) is 23.8 Å². The number of rotatable bonds is 8. The molecular weight excluding hydrogens is 316 g/mol. The van der Waals surface area contributed by atoms with Crippen molar-refractivity contribution in [1.82, 2.24) is 4.98 Å². The van der Waals surface area contributed by atoms with Crippen LogP contribution in [0.3, 0.4) is 0 Å². The fourth-order valence-corrected chi connectivity index (χ4v) is 1.60. The second-order valence-electron chi connectivity index (χ2n) is 4.27. The summed E-state index contributed by atoms with van der Waals surface area (Å²) in [7, 11) is 0. The highest BCUT2D eigenvalue weighted by Gasteiger charge is 2.21. The zero-order valence-corrected chi connectivity index (χ0v) is 13.8. The van der Waals surface area contributed by atoms with E-state index in [-0.39, 0.29) is 36.9 Å². The molecule has 0 saturated carbocycles. The van der Waals surface area contributed by atoms with Crippen LogP contribution in [0.1, 0.15) is 31.3 Å². The Kier molecular flexibility index (Phi) is 7.97. The molecule has 1 aromatic rings. The van der Waals surface area contributed by atoms with E-state index in [1.165, 1.54) is 6.07 Å². The molecule has 8 nitrogen and oxygen atoms in total. The SMILES string of the molecule is CCOC(=O)C(=CNc1cccc(C(=O)OCC)n1)C(=O)OCC. The van der Waals surface area contributed by atoms with Crippen molar-refractivity contribution in [3.63, 3.8) is 0 Å². The minimum Gasteiger partial charge on any atom is -0.462 e. The Balaban J connectivity index is 2.96. The van der Waals surface area contributed by atoms with Gasteiger partial charge in [0.2, 0.25) is 0 Å². The predicted molar refractivity (Wildman–Crippen MR) is 85.2 cm³/mol. The molecule has 0 radical (unpaired) electrons. The number of pyridine rings is 1. The summed E-state index contributed by atoms with van der Waals surface area (Å²) in [6.07, 6.45) is 1.13. The summed E-state index contributed by atoms with van der Waals surface area (Å²) in [5, 5.41) is 2.68. The molecule has 8 heteroatoms. The number of carbonyl (C=O) groups excluding carboxylic acids is 3. The molecule has 0 bridgehead atoms. The Bertz CT molecular complexity index is 607. The van der Waals surface area contributed by atoms with Crippen LogP contribution in [0.4, 0.5) is 5.82 Å². The number of hydrogen-bond donors (Lipinski definition) is 1. The number of hydrogen-bond acceptors (Lipinski definition) is 8. The van der Waals surface area contributed by atoms with Gasteiger partial charge in [-0.3, -0.25) is 0 Å². The first kappa shape index (κ1) is 19.1. The summed E-state index contributed by atoms with van der Waals surface area (Å²) in [4.78, 5) is 39.3. The molecule has 0 spiro atoms. The largest absolute Gasteiger partial charge is 0.462 e. The van der Waals surface area contributed by atoms with Crippen LogP contribution in [0, 0.1) is 0 Å². The lowest BCUT2D eigenvalue weighted by Crippen LogP contribution is -2.19. The minimum atomic E-state index is -0.815. The second-order valence-corrected chi connectivity index (χ2v) is 4.27. The molecule has 0 aromatic carbocycles. The zero-order valence-electron chi connectivity index (χ0n) is 13.8. The van der Waals surface area contributed by atoms with E-state index in [0.29, 0.717) is 0 Å². The molecule has 0 fully saturated rings. The van der Waals surface area contributed by atoms with Gasteiger partial charge in [-0.2, -0.15) is 0 Å². The Morgan fingerprint density at radius 1 is 1.00 bits per heavy atom. The lowest BCUT2D eigenvalue weighted by molar-refractivity contribution is -0.146. The van der Waals surface area contributed by atoms with Gasteiger partial charge in [0, 0.05) is 6.20 Å². The lowest BCUT2D eigenvalue weighted by Gasteiger charge is -2.08. The Morgan fingerprint density at radius 3 is 2.12 bits per heavy atom. The Hall–Kier alpha value is -2.90. The minimum absolute atomic E-state index is 0.101. The van der Waals surface area contributed by atoms with Gasteiger partial charge in [0.1, 0.15) is 5.82 Å². The van der Waals surface area contributed by atoms with Gasteiger partial charge in [-0.25, -0.2) is 19.4 Å². The van der Waals surface area contributed by atoms with Crippen LogP contribution in [0.2, 0.25) is 0 Å². The van der Waals surface area contributed by atoms with Crippen LogP contribution in [0.25, 0.3) is 0 Å². The van der Waals surface area contributed by atoms with Crippen LogP contribution in [0.5, 0.6) is 0 Å². The molecule has 0 atom stereocenters. The Morgan fingerprint density at radius 2 is 1.58 bits per heavy atom. The maximum Gasteiger partial charge on any atom is 0.356 e. The number of nitrogens with zero attached hydrogens (tertiary/aromatic N) is 1. The van der Waals surface area contributed by atoms with E-state index in [4.69, 9.17) is 14.2 Å². The van der Waals surface area contributed by atoms with Crippen molar-refractivity contribution in [2.75, 3.05) is 25.1 Å². The summed E-state index contributed by atoms with van der Waals surface area (Å²) in [5.74, 6) is -1.94. The number of carbonyl (C=O) groups is 3. The maximum absolute atomic E-state index is 11.8. The van der Waals surface area contributed by atoms with E-state index in [2.05, 4.69) is 10.3 Å². The molecule has 24 heavy (non-hydrogen) atoms. The molecule has 1 N–H and O–H groups in total. The van der Waals surface area contributed by atoms with Crippen molar-refractivity contribution in [3.8, 4) is 0 Å². The van der Waals surface area contributed by atoms with Gasteiger partial charge < -0.3 is 19.5 Å². The van der Waals surface area contributed by atoms with E-state index in [1.807, 2.05) is 0 Å². The molecule has 0 amide bonds. The standard InChI is InChI=1S/C16H20N2O6/c1-4-22-14(19)11(15(20)23-5-2)10-17-13-9-7-8-12(18-13)16(21)24-6-3/h7-10H,4-6H2,1-3H3,(H,17,18). The van der Waals surface area contributed by atoms with Crippen molar-refractivity contribution in [2.45, 2.75) is 20.8 Å². The average molecular weight is 336 g/mol. The number of esters is 3. The van der Waals surface area contributed by atoms with Gasteiger partial charge in [-0.1, -0.05) is 6.07 Å². The molecule has 1 heterocycles. The number of nitrogens with one attached hydrogen (secondary N) is 1. The second kappa shape index (κ2) is 9.98. The number of aromatic nitrogens is 1. The third-order valence-corrected chi connectivity index (χ3v) is 2.59. The van der Waals surface area contributed by atoms with Gasteiger partial charge in [0.25, 0.3) is 0 Å². The summed E-state index contributed by atoms with van der Waals surface area (Å²) < 4.78 is 14.5. The molecule has 1 rings (SSSR count). The fourth-order valence-electron chi connectivity index (χ4n) is 1.60. The maximum atomic E-state index is 11.8. The first-order valence-corrected chi connectivity index (χ1v) is 7.48. The highest BCUT2D eigenvalue weighted by atomic mass is 16.6. The summed E-state index contributed by atoms with van der Waals surface area (Å²) in [5.41, 5.74) is -0.203. The van der Waals surface area contributed by atoms with Crippen molar-refractivity contribution in [2.24, 2.45) is 0 Å². The molecule has 1 aromatic heterocycles. The third kappa shape index (κ3) is 5.71.